The molecule has 4 heterocycles. The number of aromatic nitrogens is 6. The second-order valence-electron chi connectivity index (χ2n) is 13.3. The molecule has 0 spiro atoms. The van der Waals surface area contributed by atoms with E-state index in [0.29, 0.717) is 39.9 Å². The maximum atomic E-state index is 10.2. The molecule has 6 aromatic rings. The number of fused-ring (bicyclic) bond motifs is 2. The molecule has 0 unspecified atom stereocenters. The first-order valence-corrected chi connectivity index (χ1v) is 17.9. The predicted molar refractivity (Wildman–Crippen MR) is 198 cm³/mol. The molecular formula is C39H38Cl2N6O4. The van der Waals surface area contributed by atoms with E-state index in [9.17, 15) is 15.3 Å². The monoisotopic (exact) mass is 724 g/mol. The summed E-state index contributed by atoms with van der Waals surface area (Å²) >= 11 is 12.0. The lowest BCUT2D eigenvalue weighted by atomic mass is 9.96. The highest BCUT2D eigenvalue weighted by Gasteiger charge is 2.28. The van der Waals surface area contributed by atoms with Crippen LogP contribution in [0.4, 0.5) is 0 Å². The molecule has 262 valence electrons. The van der Waals surface area contributed by atoms with Gasteiger partial charge in [-0.25, -0.2) is 0 Å². The summed E-state index contributed by atoms with van der Waals surface area (Å²) in [6.45, 7) is 0. The number of methoxy groups -OCH3 is 1. The number of aliphatic hydroxyl groups is 2. The van der Waals surface area contributed by atoms with Crippen LogP contribution < -0.4 is 4.74 Å². The number of phenols is 1. The van der Waals surface area contributed by atoms with Gasteiger partial charge in [0.15, 0.2) is 0 Å². The van der Waals surface area contributed by atoms with Crippen LogP contribution >= 0.6 is 23.2 Å². The van der Waals surface area contributed by atoms with Gasteiger partial charge in [-0.15, -0.1) is 10.2 Å². The van der Waals surface area contributed by atoms with E-state index in [2.05, 4.69) is 30.4 Å². The molecule has 0 bridgehead atoms. The molecule has 0 radical (unpaired) electrons. The summed E-state index contributed by atoms with van der Waals surface area (Å²) in [4.78, 5) is 8.50. The van der Waals surface area contributed by atoms with Gasteiger partial charge in [0, 0.05) is 67.5 Å². The van der Waals surface area contributed by atoms with Gasteiger partial charge >= 0.3 is 0 Å². The molecule has 51 heavy (non-hydrogen) atoms. The Morgan fingerprint density at radius 3 is 1.65 bits per heavy atom. The highest BCUT2D eigenvalue weighted by atomic mass is 35.5. The Kier molecular flexibility index (Phi) is 10.6. The fourth-order valence-electron chi connectivity index (χ4n) is 7.37. The van der Waals surface area contributed by atoms with E-state index in [1.54, 1.807) is 43.9 Å². The molecule has 2 aromatic carbocycles. The fraction of sp³-hybridized carbons (Fsp3) is 0.333. The van der Waals surface area contributed by atoms with Gasteiger partial charge < -0.3 is 20.1 Å². The Labute approximate surface area is 305 Å². The van der Waals surface area contributed by atoms with Gasteiger partial charge in [-0.1, -0.05) is 36.0 Å². The third-order valence-electron chi connectivity index (χ3n) is 10.1. The van der Waals surface area contributed by atoms with Crippen molar-refractivity contribution in [3.05, 3.63) is 94.8 Å². The lowest BCUT2D eigenvalue weighted by Crippen LogP contribution is -2.16. The summed E-state index contributed by atoms with van der Waals surface area (Å²) in [6.07, 6.45) is 13.8. The van der Waals surface area contributed by atoms with Crippen molar-refractivity contribution in [2.45, 2.75) is 63.6 Å². The molecule has 2 fully saturated rings. The van der Waals surface area contributed by atoms with Crippen LogP contribution in [0.3, 0.4) is 0 Å². The molecule has 4 aromatic heterocycles. The first-order valence-electron chi connectivity index (χ1n) is 17.2. The zero-order valence-electron chi connectivity index (χ0n) is 28.1. The molecule has 2 aliphatic carbocycles. The maximum absolute atomic E-state index is 10.2. The number of ether oxygens (including phenoxy) is 1. The number of hydrogen-bond donors (Lipinski definition) is 3. The number of nitrogens with zero attached hydrogens (tertiary/aromatic N) is 6. The average Bonchev–Trinajstić information content (AvgIpc) is 3.75. The molecular weight excluding hydrogens is 687 g/mol. The van der Waals surface area contributed by atoms with Crippen molar-refractivity contribution in [2.75, 3.05) is 7.11 Å². The second kappa shape index (κ2) is 15.4. The van der Waals surface area contributed by atoms with Crippen LogP contribution in [-0.4, -0.2) is 65.0 Å². The highest BCUT2D eigenvalue weighted by molar-refractivity contribution is 6.31. The van der Waals surface area contributed by atoms with Crippen molar-refractivity contribution in [3.8, 4) is 34.0 Å². The molecule has 3 N–H and O–H groups in total. The van der Waals surface area contributed by atoms with Crippen molar-refractivity contribution in [3.63, 3.8) is 0 Å². The maximum Gasteiger partial charge on any atom is 0.129 e. The van der Waals surface area contributed by atoms with Gasteiger partial charge in [0.1, 0.15) is 22.9 Å². The molecule has 0 aliphatic heterocycles. The zero-order chi connectivity index (χ0) is 35.5. The number of pyridine rings is 2. The standard InChI is InChI=1S/C20H20ClN3O2.C19H18ClN3O2/c1-26-19-10-13(21)5-6-15(19)20-14-7-8-22-11-16(14)17(23-24-20)9-12-3-2-4-18(12)25;20-12-4-5-14(18(25)9-12)19-13-6-7-21-10-15(13)16(22-23-19)8-11-2-1-3-17(11)24/h5-8,10-12,18,25H,2-4,9H2,1H3;4-7,9-11,17,24-25H,1-3,8H2/t12-,18+;11-,17+/m11/s1. The molecule has 0 amide bonds. The number of phenolic OH excluding ortho intramolecular Hbond substituents is 1. The highest BCUT2D eigenvalue weighted by Crippen LogP contribution is 2.38. The Balaban J connectivity index is 0.000000159. The topological polar surface area (TPSA) is 147 Å². The van der Waals surface area contributed by atoms with E-state index in [1.807, 2.05) is 30.5 Å². The minimum absolute atomic E-state index is 0.0684. The van der Waals surface area contributed by atoms with Gasteiger partial charge in [-0.2, -0.15) is 10.2 Å². The number of aromatic hydroxyl groups is 1. The van der Waals surface area contributed by atoms with Crippen LogP contribution in [-0.2, 0) is 12.8 Å². The van der Waals surface area contributed by atoms with Gasteiger partial charge in [0.2, 0.25) is 0 Å². The lowest BCUT2D eigenvalue weighted by Gasteiger charge is -2.16. The van der Waals surface area contributed by atoms with Crippen LogP contribution in [0, 0.1) is 11.8 Å². The van der Waals surface area contributed by atoms with Crippen LogP contribution in [0.15, 0.2) is 73.3 Å². The predicted octanol–water partition coefficient (Wildman–Crippen LogP) is 7.81. The number of hydrogen-bond acceptors (Lipinski definition) is 10. The average molecular weight is 726 g/mol. The SMILES string of the molecule is COc1cc(Cl)ccc1-c1nnc(C[C@H]2CCC[C@@H]2O)c2cnccc12.Oc1cc(Cl)ccc1-c1nnc(C[C@H]2CCC[C@@H]2O)c2cnccc12. The summed E-state index contributed by atoms with van der Waals surface area (Å²) in [5.41, 5.74) is 4.49. The second-order valence-corrected chi connectivity index (χ2v) is 14.1. The summed E-state index contributed by atoms with van der Waals surface area (Å²) in [6, 6.07) is 14.3. The number of rotatable bonds is 7. The third-order valence-corrected chi connectivity index (χ3v) is 10.6. The van der Waals surface area contributed by atoms with E-state index in [1.165, 1.54) is 6.07 Å². The van der Waals surface area contributed by atoms with Gasteiger partial charge in [0.25, 0.3) is 0 Å². The van der Waals surface area contributed by atoms with E-state index in [4.69, 9.17) is 27.9 Å². The number of aliphatic hydroxyl groups excluding tert-OH is 2. The molecule has 4 atom stereocenters. The van der Waals surface area contributed by atoms with Gasteiger partial charge in [0.05, 0.1) is 30.7 Å². The largest absolute Gasteiger partial charge is 0.507 e. The van der Waals surface area contributed by atoms with Gasteiger partial charge in [-0.05, 0) is 98.9 Å². The lowest BCUT2D eigenvalue weighted by molar-refractivity contribution is 0.132. The first-order chi connectivity index (χ1) is 24.8. The molecule has 2 aliphatic rings. The van der Waals surface area contributed by atoms with Crippen molar-refractivity contribution in [2.24, 2.45) is 11.8 Å². The third kappa shape index (κ3) is 7.46. The Morgan fingerprint density at radius 1 is 0.647 bits per heavy atom. The van der Waals surface area contributed by atoms with Crippen molar-refractivity contribution < 1.29 is 20.1 Å². The minimum Gasteiger partial charge on any atom is -0.507 e. The quantitative estimate of drug-likeness (QED) is 0.149. The minimum atomic E-state index is -0.270. The zero-order valence-corrected chi connectivity index (χ0v) is 29.6. The van der Waals surface area contributed by atoms with E-state index < -0.39 is 0 Å². The van der Waals surface area contributed by atoms with Crippen molar-refractivity contribution in [1.82, 2.24) is 30.4 Å². The Hall–Kier alpha value is -4.48. The van der Waals surface area contributed by atoms with Crippen LogP contribution in [0.25, 0.3) is 44.1 Å². The molecule has 10 nitrogen and oxygen atoms in total. The molecule has 2 saturated carbocycles. The summed E-state index contributed by atoms with van der Waals surface area (Å²) < 4.78 is 5.48. The summed E-state index contributed by atoms with van der Waals surface area (Å²) in [7, 11) is 1.61. The summed E-state index contributed by atoms with van der Waals surface area (Å²) in [5, 5.41) is 53.1. The smallest absolute Gasteiger partial charge is 0.129 e. The summed E-state index contributed by atoms with van der Waals surface area (Å²) in [5.74, 6) is 1.18. The molecule has 12 heteroatoms. The Morgan fingerprint density at radius 2 is 1.16 bits per heavy atom. The van der Waals surface area contributed by atoms with Crippen molar-refractivity contribution >= 4 is 44.7 Å². The normalized spacial score (nSPS) is 20.0. The van der Waals surface area contributed by atoms with Crippen LogP contribution in [0.5, 0.6) is 11.5 Å². The first kappa shape index (κ1) is 34.9. The van der Waals surface area contributed by atoms with E-state index in [0.717, 1.165) is 82.7 Å². The van der Waals surface area contributed by atoms with E-state index >= 15 is 0 Å². The van der Waals surface area contributed by atoms with Crippen LogP contribution in [0.2, 0.25) is 10.0 Å². The van der Waals surface area contributed by atoms with Gasteiger partial charge in [-0.3, -0.25) is 9.97 Å². The van der Waals surface area contributed by atoms with Crippen LogP contribution in [0.1, 0.15) is 49.9 Å². The van der Waals surface area contributed by atoms with E-state index in [-0.39, 0.29) is 29.8 Å². The number of halogens is 2. The molecule has 0 saturated heterocycles. The fourth-order valence-corrected chi connectivity index (χ4v) is 7.70. The molecule has 8 rings (SSSR count). The number of benzene rings is 2. The van der Waals surface area contributed by atoms with Crippen molar-refractivity contribution in [1.29, 1.82) is 0 Å². The Bertz CT molecular complexity index is 2190.